The summed E-state index contributed by atoms with van der Waals surface area (Å²) in [4.78, 5) is 13.8. The molecule has 1 unspecified atom stereocenters. The third-order valence-electron chi connectivity index (χ3n) is 3.72. The van der Waals surface area contributed by atoms with Crippen LogP contribution in [0.2, 0.25) is 5.02 Å². The number of amides is 1. The van der Waals surface area contributed by atoms with Gasteiger partial charge >= 0.3 is 0 Å². The van der Waals surface area contributed by atoms with Crippen molar-refractivity contribution in [2.45, 2.75) is 31.7 Å². The van der Waals surface area contributed by atoms with Crippen molar-refractivity contribution in [3.05, 3.63) is 34.6 Å². The molecule has 110 valence electrons. The first-order valence-electron chi connectivity index (χ1n) is 6.98. The molecular weight excluding hydrogens is 279 g/mol. The summed E-state index contributed by atoms with van der Waals surface area (Å²) >= 11 is 5.95. The number of likely N-dealkylation sites (N-methyl/N-ethyl adjacent to an activating group) is 1. The maximum absolute atomic E-state index is 13.7. The van der Waals surface area contributed by atoms with Crippen molar-refractivity contribution in [1.82, 2.24) is 10.2 Å². The molecule has 1 fully saturated rings. The topological polar surface area (TPSA) is 32.3 Å². The van der Waals surface area contributed by atoms with Crippen LogP contribution < -0.4 is 5.32 Å². The maximum Gasteiger partial charge on any atom is 0.226 e. The first kappa shape index (κ1) is 15.3. The third-order valence-corrected chi connectivity index (χ3v) is 4.08. The molecule has 1 amide bonds. The van der Waals surface area contributed by atoms with Crippen molar-refractivity contribution in [3.8, 4) is 0 Å². The molecule has 0 spiro atoms. The van der Waals surface area contributed by atoms with Gasteiger partial charge in [-0.15, -0.1) is 0 Å². The lowest BCUT2D eigenvalue weighted by atomic mass is 10.0. The summed E-state index contributed by atoms with van der Waals surface area (Å²) in [5, 5.41) is 3.71. The molecule has 1 aromatic carbocycles. The highest BCUT2D eigenvalue weighted by atomic mass is 35.5. The fourth-order valence-corrected chi connectivity index (χ4v) is 2.73. The fourth-order valence-electron chi connectivity index (χ4n) is 2.50. The lowest BCUT2D eigenvalue weighted by Crippen LogP contribution is -2.44. The number of piperidine rings is 1. The van der Waals surface area contributed by atoms with Gasteiger partial charge in [0.25, 0.3) is 0 Å². The Morgan fingerprint density at radius 1 is 1.50 bits per heavy atom. The molecule has 20 heavy (non-hydrogen) atoms. The molecule has 2 rings (SSSR count). The summed E-state index contributed by atoms with van der Waals surface area (Å²) in [5.41, 5.74) is 0.280. The molecule has 1 heterocycles. The minimum Gasteiger partial charge on any atom is -0.344 e. The normalized spacial score (nSPS) is 18.9. The van der Waals surface area contributed by atoms with Crippen molar-refractivity contribution in [2.75, 3.05) is 20.1 Å². The molecule has 0 aromatic heterocycles. The van der Waals surface area contributed by atoms with Gasteiger partial charge in [-0.2, -0.15) is 0 Å². The molecule has 1 aliphatic rings. The third kappa shape index (κ3) is 3.93. The molecule has 3 nitrogen and oxygen atoms in total. The summed E-state index contributed by atoms with van der Waals surface area (Å²) in [6, 6.07) is 4.82. The van der Waals surface area contributed by atoms with Crippen LogP contribution in [-0.4, -0.2) is 37.0 Å². The van der Waals surface area contributed by atoms with Crippen molar-refractivity contribution in [1.29, 1.82) is 0 Å². The van der Waals surface area contributed by atoms with Crippen LogP contribution in [0.25, 0.3) is 0 Å². The number of rotatable bonds is 4. The number of halogens is 2. The molecule has 1 aromatic rings. The van der Waals surface area contributed by atoms with Gasteiger partial charge in [0.05, 0.1) is 6.42 Å². The van der Waals surface area contributed by atoms with Crippen LogP contribution in [0.5, 0.6) is 0 Å². The Bertz CT molecular complexity index is 455. The van der Waals surface area contributed by atoms with E-state index in [0.717, 1.165) is 13.0 Å². The van der Waals surface area contributed by atoms with Gasteiger partial charge in [0.15, 0.2) is 0 Å². The van der Waals surface area contributed by atoms with E-state index in [1.54, 1.807) is 24.1 Å². The van der Waals surface area contributed by atoms with Crippen LogP contribution in [0.1, 0.15) is 24.8 Å². The van der Waals surface area contributed by atoms with Crippen LogP contribution in [0.4, 0.5) is 4.39 Å². The van der Waals surface area contributed by atoms with E-state index in [1.807, 2.05) is 0 Å². The van der Waals surface area contributed by atoms with Gasteiger partial charge < -0.3 is 10.2 Å². The predicted octanol–water partition coefficient (Wildman–Crippen LogP) is 2.62. The van der Waals surface area contributed by atoms with Gasteiger partial charge in [0.2, 0.25) is 5.91 Å². The van der Waals surface area contributed by atoms with Crippen LogP contribution in [-0.2, 0) is 11.2 Å². The fraction of sp³-hybridized carbons (Fsp3) is 0.533. The van der Waals surface area contributed by atoms with Crippen molar-refractivity contribution >= 4 is 17.5 Å². The Morgan fingerprint density at radius 2 is 2.30 bits per heavy atom. The summed E-state index contributed by atoms with van der Waals surface area (Å²) in [6.45, 7) is 1.66. The number of hydrogen-bond donors (Lipinski definition) is 1. The second-order valence-electron chi connectivity index (χ2n) is 5.30. The zero-order chi connectivity index (χ0) is 14.5. The second-order valence-corrected chi connectivity index (χ2v) is 5.71. The Labute approximate surface area is 124 Å². The monoisotopic (exact) mass is 298 g/mol. The molecule has 1 saturated heterocycles. The molecule has 0 saturated carbocycles. The Balaban J connectivity index is 1.93. The van der Waals surface area contributed by atoms with Crippen LogP contribution >= 0.6 is 11.6 Å². The Kier molecular flexibility index (Phi) is 5.38. The zero-order valence-corrected chi connectivity index (χ0v) is 12.4. The number of carbonyl (C=O) groups excluding carboxylic acids is 1. The van der Waals surface area contributed by atoms with Gasteiger partial charge in [-0.1, -0.05) is 24.1 Å². The van der Waals surface area contributed by atoms with E-state index >= 15 is 0 Å². The van der Waals surface area contributed by atoms with E-state index in [1.165, 1.54) is 18.9 Å². The van der Waals surface area contributed by atoms with Gasteiger partial charge in [0, 0.05) is 30.2 Å². The molecule has 1 aliphatic heterocycles. The lowest BCUT2D eigenvalue weighted by molar-refractivity contribution is -0.129. The van der Waals surface area contributed by atoms with E-state index in [-0.39, 0.29) is 17.9 Å². The van der Waals surface area contributed by atoms with E-state index in [2.05, 4.69) is 5.32 Å². The average molecular weight is 299 g/mol. The van der Waals surface area contributed by atoms with E-state index in [4.69, 9.17) is 11.6 Å². The van der Waals surface area contributed by atoms with Gasteiger partial charge in [-0.3, -0.25) is 4.79 Å². The number of nitrogens with one attached hydrogen (secondary N) is 1. The van der Waals surface area contributed by atoms with Crippen LogP contribution in [0, 0.1) is 5.82 Å². The second kappa shape index (κ2) is 7.04. The van der Waals surface area contributed by atoms with Crippen molar-refractivity contribution < 1.29 is 9.18 Å². The maximum atomic E-state index is 13.7. The van der Waals surface area contributed by atoms with Crippen LogP contribution in [0.3, 0.4) is 0 Å². The number of nitrogens with zero attached hydrogens (tertiary/aromatic N) is 1. The summed E-state index contributed by atoms with van der Waals surface area (Å²) < 4.78 is 13.7. The van der Waals surface area contributed by atoms with Crippen molar-refractivity contribution in [2.24, 2.45) is 0 Å². The average Bonchev–Trinajstić information content (AvgIpc) is 2.44. The van der Waals surface area contributed by atoms with E-state index < -0.39 is 5.82 Å². The number of hydrogen-bond acceptors (Lipinski definition) is 2. The molecule has 0 bridgehead atoms. The predicted molar refractivity (Wildman–Crippen MR) is 78.4 cm³/mol. The van der Waals surface area contributed by atoms with Gasteiger partial charge in [-0.25, -0.2) is 4.39 Å². The summed E-state index contributed by atoms with van der Waals surface area (Å²) in [6.07, 6.45) is 3.48. The molecular formula is C15H20ClFN2O. The van der Waals surface area contributed by atoms with Gasteiger partial charge in [0.1, 0.15) is 5.82 Å². The number of carbonyl (C=O) groups is 1. The molecule has 0 aliphatic carbocycles. The Hall–Kier alpha value is -1.13. The first-order valence-corrected chi connectivity index (χ1v) is 7.36. The minimum absolute atomic E-state index is 0.00866. The van der Waals surface area contributed by atoms with Gasteiger partial charge in [-0.05, 0) is 31.5 Å². The smallest absolute Gasteiger partial charge is 0.226 e. The quantitative estimate of drug-likeness (QED) is 0.927. The zero-order valence-electron chi connectivity index (χ0n) is 11.7. The molecule has 1 atom stereocenters. The summed E-state index contributed by atoms with van der Waals surface area (Å²) in [5.74, 6) is -0.528. The van der Waals surface area contributed by atoms with E-state index in [0.29, 0.717) is 17.6 Å². The molecule has 1 N–H and O–H groups in total. The van der Waals surface area contributed by atoms with Crippen LogP contribution in [0.15, 0.2) is 18.2 Å². The summed E-state index contributed by atoms with van der Waals surface area (Å²) in [7, 11) is 1.76. The highest BCUT2D eigenvalue weighted by molar-refractivity contribution is 6.31. The highest BCUT2D eigenvalue weighted by Crippen LogP contribution is 2.20. The SMILES string of the molecule is CN(CC1CCCCN1)C(=O)Cc1c(F)cccc1Cl. The Morgan fingerprint density at radius 3 is 2.95 bits per heavy atom. The molecule has 0 radical (unpaired) electrons. The highest BCUT2D eigenvalue weighted by Gasteiger charge is 2.19. The standard InChI is InChI=1S/C15H20ClFN2O/c1-19(10-11-5-2-3-8-18-11)15(20)9-12-13(16)6-4-7-14(12)17/h4,6-7,11,18H,2-3,5,8-10H2,1H3. The first-order chi connectivity index (χ1) is 9.58. The number of benzene rings is 1. The van der Waals surface area contributed by atoms with E-state index in [9.17, 15) is 9.18 Å². The van der Waals surface area contributed by atoms with Crippen molar-refractivity contribution in [3.63, 3.8) is 0 Å². The minimum atomic E-state index is -0.421. The largest absolute Gasteiger partial charge is 0.344 e. The lowest BCUT2D eigenvalue weighted by Gasteiger charge is -2.28. The molecule has 5 heteroatoms.